The Labute approximate surface area is 608 Å². The minimum atomic E-state index is -1.85. The highest BCUT2D eigenvalue weighted by Gasteiger charge is 2.42. The lowest BCUT2D eigenvalue weighted by Gasteiger charge is -2.32. The van der Waals surface area contributed by atoms with E-state index in [1.807, 2.05) is 0 Å². The Kier molecular flexibility index (Phi) is 38.9. The molecule has 1 saturated heterocycles. The van der Waals surface area contributed by atoms with Crippen molar-refractivity contribution in [3.05, 3.63) is 29.8 Å². The number of phenols is 1. The molecule has 1 fully saturated rings. The third-order valence-corrected chi connectivity index (χ3v) is 16.6. The number of aromatic hydroxyl groups is 1. The predicted molar refractivity (Wildman–Crippen MR) is 381 cm³/mol. The number of thiol groups is 1. The van der Waals surface area contributed by atoms with E-state index in [-0.39, 0.29) is 100 Å². The Hall–Kier alpha value is -9.67. The maximum absolute atomic E-state index is 14.8. The monoisotopic (exact) mass is 1490 g/mol. The van der Waals surface area contributed by atoms with Gasteiger partial charge in [-0.25, -0.2) is 4.79 Å². The van der Waals surface area contributed by atoms with Crippen LogP contribution in [-0.2, 0) is 73.5 Å². The number of phenolic OH excluding ortho intramolecular Hbond substituents is 1. The molecule has 104 heavy (non-hydrogen) atoms. The van der Waals surface area contributed by atoms with Crippen molar-refractivity contribution >= 4 is 107 Å². The maximum atomic E-state index is 14.8. The summed E-state index contributed by atoms with van der Waals surface area (Å²) in [4.78, 5) is 200. The zero-order valence-electron chi connectivity index (χ0n) is 60.2. The molecule has 1 aromatic carbocycles. The number of carbonyl (C=O) groups excluding carboxylic acids is 13. The summed E-state index contributed by atoms with van der Waals surface area (Å²) in [7, 11) is 0. The third kappa shape index (κ3) is 30.7. The minimum absolute atomic E-state index is 0.0180. The molecule has 0 aliphatic carbocycles. The summed E-state index contributed by atoms with van der Waals surface area (Å²) in [6.07, 6.45) is -3.34. The number of aliphatic hydroxyl groups is 3. The summed E-state index contributed by atoms with van der Waals surface area (Å²) in [5.74, 6) is -15.9. The molecule has 1 aliphatic rings. The molecule has 1 aromatic rings. The molecule has 15 atom stereocenters. The highest BCUT2D eigenvalue weighted by Crippen LogP contribution is 2.22. The van der Waals surface area contributed by atoms with Crippen LogP contribution in [0.1, 0.15) is 120 Å². The lowest BCUT2D eigenvalue weighted by atomic mass is 9.99. The second kappa shape index (κ2) is 44.8. The van der Waals surface area contributed by atoms with Crippen molar-refractivity contribution in [1.82, 2.24) is 68.7 Å². The number of hydrogen-bond donors (Lipinski definition) is 23. The topological polar surface area (TPSA) is 643 Å². The van der Waals surface area contributed by atoms with Gasteiger partial charge in [-0.3, -0.25) is 72.3 Å². The first kappa shape index (κ1) is 90.4. The van der Waals surface area contributed by atoms with E-state index in [4.69, 9.17) is 28.7 Å². The number of carbonyl (C=O) groups is 14. The molecule has 40 heteroatoms. The van der Waals surface area contributed by atoms with Crippen LogP contribution in [0.25, 0.3) is 0 Å². The largest absolute Gasteiger partial charge is 0.508 e. The van der Waals surface area contributed by atoms with Crippen LogP contribution < -0.4 is 92.5 Å². The zero-order valence-corrected chi connectivity index (χ0v) is 61.1. The number of benzene rings is 1. The first-order valence-electron chi connectivity index (χ1n) is 34.0. The van der Waals surface area contributed by atoms with Gasteiger partial charge in [0.15, 0.2) is 11.9 Å². The first-order chi connectivity index (χ1) is 48.7. The number of nitrogens with zero attached hydrogens (tertiary/aromatic N) is 3. The Morgan fingerprint density at radius 3 is 1.42 bits per heavy atom. The number of rotatable bonds is 44. The Morgan fingerprint density at radius 2 is 0.933 bits per heavy atom. The lowest BCUT2D eigenvalue weighted by Crippen LogP contribution is -2.62. The fourth-order valence-electron chi connectivity index (χ4n) is 10.5. The molecule has 0 radical (unpaired) electrons. The number of nitrogens with one attached hydrogen (secondary N) is 12. The number of carboxylic acid groups (broad SMARTS) is 1. The van der Waals surface area contributed by atoms with Crippen molar-refractivity contribution < 1.29 is 92.7 Å². The van der Waals surface area contributed by atoms with Crippen LogP contribution in [0.4, 0.5) is 0 Å². The van der Waals surface area contributed by atoms with Crippen LogP contribution in [0.5, 0.6) is 5.75 Å². The number of aliphatic imine (C=N–C) groups is 2. The molecule has 27 N–H and O–H groups in total. The van der Waals surface area contributed by atoms with E-state index in [2.05, 4.69) is 86.4 Å². The smallest absolute Gasteiger partial charge is 0.326 e. The molecule has 13 amide bonds. The Balaban J connectivity index is 2.35. The molecule has 1 heterocycles. The second-order valence-corrected chi connectivity index (χ2v) is 26.7. The van der Waals surface area contributed by atoms with Gasteiger partial charge >= 0.3 is 5.97 Å². The van der Waals surface area contributed by atoms with Gasteiger partial charge in [0.05, 0.1) is 25.4 Å². The van der Waals surface area contributed by atoms with Gasteiger partial charge in [0.25, 0.3) is 0 Å². The number of aliphatic hydroxyl groups excluding tert-OH is 3. The van der Waals surface area contributed by atoms with Gasteiger partial charge in [-0.2, -0.15) is 12.6 Å². The SMILES string of the molecule is CC(C)C[C@H](NC(=O)[C@@H](NC(=O)[C@@H]1CCCN1C(=O)[C@H](CCCN=C(N)N)NC(=O)[C@@H](NC(=O)[C@H](CCCN=C(N)N)NC(=O)[C@H](C)NC(=O)[C@H](C)NC(=O)[C@@H](NC(=O)[C@H](CS)NC(=O)[C@@H](NC(=O)CN)[C@@H](C)O)C(C)C)[C@@H](C)O)C(C)C)C(=O)N[C@@H](CO)C(=O)N[C@@H](Cc1ccc(O)cc1)C(=O)O. The van der Waals surface area contributed by atoms with E-state index in [0.717, 1.165) is 6.92 Å². The number of amides is 13. The van der Waals surface area contributed by atoms with Gasteiger partial charge in [-0.05, 0) is 108 Å². The number of hydrogen-bond acceptors (Lipinski definition) is 22. The van der Waals surface area contributed by atoms with Gasteiger partial charge in [-0.15, -0.1) is 0 Å². The van der Waals surface area contributed by atoms with Crippen molar-refractivity contribution in [3.63, 3.8) is 0 Å². The summed E-state index contributed by atoms with van der Waals surface area (Å²) in [5, 5.41) is 80.3. The molecule has 1 aliphatic heterocycles. The summed E-state index contributed by atoms with van der Waals surface area (Å²) in [6.45, 7) is 13.1. The third-order valence-electron chi connectivity index (χ3n) is 16.3. The van der Waals surface area contributed by atoms with Crippen molar-refractivity contribution in [2.45, 2.75) is 211 Å². The van der Waals surface area contributed by atoms with E-state index in [1.165, 1.54) is 49.9 Å². The normalized spacial score (nSPS) is 16.7. The molecule has 584 valence electrons. The van der Waals surface area contributed by atoms with Crippen LogP contribution in [0, 0.1) is 17.8 Å². The van der Waals surface area contributed by atoms with Gasteiger partial charge in [0.1, 0.15) is 84.3 Å². The molecular formula is C64H108N20O19S. The number of aliphatic carboxylic acids is 1. The second-order valence-electron chi connectivity index (χ2n) is 26.3. The highest BCUT2D eigenvalue weighted by molar-refractivity contribution is 7.80. The number of guanidine groups is 2. The van der Waals surface area contributed by atoms with Crippen molar-refractivity contribution in [2.75, 3.05) is 38.5 Å². The molecule has 2 rings (SSSR count). The van der Waals surface area contributed by atoms with Crippen LogP contribution in [0.15, 0.2) is 34.3 Å². The fraction of sp³-hybridized carbons (Fsp3) is 0.656. The summed E-state index contributed by atoms with van der Waals surface area (Å²) >= 11 is 4.13. The molecule has 39 nitrogen and oxygen atoms in total. The Bertz CT molecular complexity index is 3170. The van der Waals surface area contributed by atoms with E-state index in [1.54, 1.807) is 41.5 Å². The maximum Gasteiger partial charge on any atom is 0.326 e. The molecule has 0 spiro atoms. The van der Waals surface area contributed by atoms with Gasteiger partial charge < -0.3 is 123 Å². The predicted octanol–water partition coefficient (Wildman–Crippen LogP) is -8.02. The molecule has 0 bridgehead atoms. The van der Waals surface area contributed by atoms with Crippen molar-refractivity contribution in [1.29, 1.82) is 0 Å². The standard InChI is InChI=1S/C64H108N20O19S/c1-29(2)24-40(53(93)78-42(27-85)54(94)77-41(62(102)103)25-36-17-19-37(88)20-18-36)76-58(98)47(31(5)6)82-56(96)44-16-13-23-84(44)61(101)39(15-12-22-71-64(68)69)75-60(100)49(35(10)87)83-52(92)38(14-11-21-70-63(66)67)74-51(91)33(8)72-50(90)32(7)73-57(97)46(30(3)4)81-55(95)43(28-104)79-59(99)48(34(9)86)80-45(89)26-65/h17-20,29-35,38-44,46-49,85-88,104H,11-16,21-28,65H2,1-10H3,(H,72,90)(H,73,97)(H,74,91)(H,75,100)(H,76,98)(H,77,94)(H,78,93)(H,79,99)(H,80,89)(H,81,95)(H,82,96)(H,83,92)(H,102,103)(H4,66,67,70)(H4,68,69,71)/t32-,33-,34+,35+,38-,39-,40-,41-,42-,43-,44-,46-,47-,48-,49-/m0/s1. The number of carboxylic acids is 1. The average Bonchev–Trinajstić information content (AvgIpc) is 1.58. The first-order valence-corrected chi connectivity index (χ1v) is 34.6. The van der Waals surface area contributed by atoms with Crippen LogP contribution >= 0.6 is 12.6 Å². The van der Waals surface area contributed by atoms with E-state index < -0.39 is 199 Å². The Morgan fingerprint density at radius 1 is 0.519 bits per heavy atom. The lowest BCUT2D eigenvalue weighted by molar-refractivity contribution is -0.143. The number of likely N-dealkylation sites (tertiary alicyclic amines) is 1. The molecular weight excluding hydrogens is 1380 g/mol. The molecule has 0 aromatic heterocycles. The zero-order chi connectivity index (χ0) is 79.0. The van der Waals surface area contributed by atoms with Crippen LogP contribution in [-0.4, -0.2) is 254 Å². The van der Waals surface area contributed by atoms with E-state index >= 15 is 0 Å². The van der Waals surface area contributed by atoms with Crippen LogP contribution in [0.2, 0.25) is 0 Å². The highest BCUT2D eigenvalue weighted by atomic mass is 32.1. The fourth-order valence-corrected chi connectivity index (χ4v) is 10.7. The quantitative estimate of drug-likeness (QED) is 0.0125. The van der Waals surface area contributed by atoms with E-state index in [0.29, 0.717) is 5.56 Å². The van der Waals surface area contributed by atoms with Gasteiger partial charge in [0.2, 0.25) is 76.8 Å². The van der Waals surface area contributed by atoms with Gasteiger partial charge in [-0.1, -0.05) is 53.7 Å². The minimum Gasteiger partial charge on any atom is -0.508 e. The van der Waals surface area contributed by atoms with E-state index in [9.17, 15) is 92.7 Å². The molecule has 0 unspecified atom stereocenters. The van der Waals surface area contributed by atoms with Gasteiger partial charge in [0, 0.05) is 31.8 Å². The summed E-state index contributed by atoms with van der Waals surface area (Å²) in [6, 6.07) is -13.6. The summed E-state index contributed by atoms with van der Waals surface area (Å²) < 4.78 is 0. The van der Waals surface area contributed by atoms with Crippen molar-refractivity contribution in [2.24, 2.45) is 56.4 Å². The number of nitrogens with two attached hydrogens (primary N) is 5. The van der Waals surface area contributed by atoms with Crippen LogP contribution in [0.3, 0.4) is 0 Å². The summed E-state index contributed by atoms with van der Waals surface area (Å²) in [5.41, 5.74) is 27.9. The van der Waals surface area contributed by atoms with Crippen molar-refractivity contribution in [3.8, 4) is 5.75 Å². The average molecular weight is 1490 g/mol. The molecule has 0 saturated carbocycles.